The van der Waals surface area contributed by atoms with E-state index in [9.17, 15) is 9.50 Å². The predicted octanol–water partition coefficient (Wildman–Crippen LogP) is 3.53. The van der Waals surface area contributed by atoms with Gasteiger partial charge < -0.3 is 19.9 Å². The summed E-state index contributed by atoms with van der Waals surface area (Å²) in [6.45, 7) is 10.9. The molecule has 1 heterocycles. The molecule has 0 aliphatic carbocycles. The maximum absolute atomic E-state index is 13.4. The molecule has 1 aliphatic heterocycles. The highest BCUT2D eigenvalue weighted by atomic mass is 19.1. The predicted molar refractivity (Wildman–Crippen MR) is 121 cm³/mol. The van der Waals surface area contributed by atoms with Crippen LogP contribution < -0.4 is 10.1 Å². The Hall–Kier alpha value is -1.99. The third kappa shape index (κ3) is 7.28. The minimum Gasteiger partial charge on any atom is -0.491 e. The Morgan fingerprint density at radius 1 is 1.03 bits per heavy atom. The van der Waals surface area contributed by atoms with E-state index in [0.717, 1.165) is 24.4 Å². The second kappa shape index (κ2) is 11.0. The standard InChI is InChI=1S/C25H35FN2O3/c1-25(2,3)20-6-10-23(11-7-20)31-18-22(29)16-27-17-24(28-12-14-30-15-13-28)19-4-8-21(26)9-5-19/h4-11,22,24,27,29H,12-18H2,1-3H3/t22-,24+/m0/s1. The first kappa shape index (κ1) is 23.7. The Bertz CT molecular complexity index is 784. The summed E-state index contributed by atoms with van der Waals surface area (Å²) >= 11 is 0. The third-order valence-electron chi connectivity index (χ3n) is 5.62. The molecule has 5 nitrogen and oxygen atoms in total. The van der Waals surface area contributed by atoms with E-state index in [2.05, 4.69) is 43.1 Å². The van der Waals surface area contributed by atoms with E-state index in [1.807, 2.05) is 24.3 Å². The minimum absolute atomic E-state index is 0.0996. The molecule has 2 aromatic rings. The largest absolute Gasteiger partial charge is 0.491 e. The van der Waals surface area contributed by atoms with Gasteiger partial charge in [0, 0.05) is 32.2 Å². The Balaban J connectivity index is 1.48. The first-order chi connectivity index (χ1) is 14.8. The van der Waals surface area contributed by atoms with Crippen molar-refractivity contribution in [1.82, 2.24) is 10.2 Å². The van der Waals surface area contributed by atoms with E-state index < -0.39 is 6.10 Å². The smallest absolute Gasteiger partial charge is 0.123 e. The van der Waals surface area contributed by atoms with Crippen molar-refractivity contribution in [3.05, 3.63) is 65.5 Å². The molecular weight excluding hydrogens is 395 g/mol. The van der Waals surface area contributed by atoms with Crippen LogP contribution in [0.2, 0.25) is 0 Å². The van der Waals surface area contributed by atoms with E-state index >= 15 is 0 Å². The van der Waals surface area contributed by atoms with Gasteiger partial charge in [-0.15, -0.1) is 0 Å². The van der Waals surface area contributed by atoms with Crippen molar-refractivity contribution >= 4 is 0 Å². The highest BCUT2D eigenvalue weighted by molar-refractivity contribution is 5.31. The van der Waals surface area contributed by atoms with Gasteiger partial charge in [0.1, 0.15) is 24.3 Å². The Morgan fingerprint density at radius 2 is 1.68 bits per heavy atom. The van der Waals surface area contributed by atoms with Gasteiger partial charge in [-0.3, -0.25) is 4.90 Å². The summed E-state index contributed by atoms with van der Waals surface area (Å²) in [5, 5.41) is 13.7. The molecule has 0 aromatic heterocycles. The lowest BCUT2D eigenvalue weighted by Gasteiger charge is -2.35. The number of nitrogens with one attached hydrogen (secondary N) is 1. The van der Waals surface area contributed by atoms with Crippen LogP contribution in [0.25, 0.3) is 0 Å². The number of nitrogens with zero attached hydrogens (tertiary/aromatic N) is 1. The van der Waals surface area contributed by atoms with Crippen LogP contribution in [0.3, 0.4) is 0 Å². The molecule has 0 amide bonds. The number of hydrogen-bond acceptors (Lipinski definition) is 5. The molecule has 1 fully saturated rings. The maximum Gasteiger partial charge on any atom is 0.123 e. The van der Waals surface area contributed by atoms with E-state index in [-0.39, 0.29) is 23.9 Å². The van der Waals surface area contributed by atoms with Crippen molar-refractivity contribution in [2.45, 2.75) is 38.3 Å². The fourth-order valence-corrected chi connectivity index (χ4v) is 3.72. The summed E-state index contributed by atoms with van der Waals surface area (Å²) in [6, 6.07) is 14.8. The lowest BCUT2D eigenvalue weighted by Crippen LogP contribution is -2.44. The van der Waals surface area contributed by atoms with Crippen molar-refractivity contribution in [2.24, 2.45) is 0 Å². The average Bonchev–Trinajstić information content (AvgIpc) is 2.76. The number of benzene rings is 2. The first-order valence-corrected chi connectivity index (χ1v) is 11.0. The van der Waals surface area contributed by atoms with Crippen molar-refractivity contribution < 1.29 is 19.0 Å². The van der Waals surface area contributed by atoms with Gasteiger partial charge in [0.05, 0.1) is 13.2 Å². The monoisotopic (exact) mass is 430 g/mol. The van der Waals surface area contributed by atoms with Crippen LogP contribution in [0.1, 0.15) is 37.9 Å². The van der Waals surface area contributed by atoms with Crippen molar-refractivity contribution in [3.63, 3.8) is 0 Å². The topological polar surface area (TPSA) is 54.0 Å². The van der Waals surface area contributed by atoms with Gasteiger partial charge in [-0.1, -0.05) is 45.0 Å². The molecule has 2 atom stereocenters. The van der Waals surface area contributed by atoms with Crippen LogP contribution in [-0.4, -0.2) is 62.1 Å². The molecule has 1 aliphatic rings. The fourth-order valence-electron chi connectivity index (χ4n) is 3.72. The number of ether oxygens (including phenoxy) is 2. The molecule has 0 spiro atoms. The van der Waals surface area contributed by atoms with Crippen molar-refractivity contribution in [3.8, 4) is 5.75 Å². The lowest BCUT2D eigenvalue weighted by atomic mass is 9.87. The van der Waals surface area contributed by atoms with E-state index in [0.29, 0.717) is 26.3 Å². The van der Waals surface area contributed by atoms with Gasteiger partial charge in [-0.25, -0.2) is 4.39 Å². The molecule has 170 valence electrons. The van der Waals surface area contributed by atoms with Crippen LogP contribution in [0.4, 0.5) is 4.39 Å². The summed E-state index contributed by atoms with van der Waals surface area (Å²) in [5.41, 5.74) is 2.40. The van der Waals surface area contributed by atoms with Crippen LogP contribution in [0.15, 0.2) is 48.5 Å². The maximum atomic E-state index is 13.4. The summed E-state index contributed by atoms with van der Waals surface area (Å²) in [5.74, 6) is 0.519. The molecule has 0 unspecified atom stereocenters. The van der Waals surface area contributed by atoms with Gasteiger partial charge in [-0.05, 0) is 40.8 Å². The Kier molecular flexibility index (Phi) is 8.43. The third-order valence-corrected chi connectivity index (χ3v) is 5.62. The van der Waals surface area contributed by atoms with Gasteiger partial charge in [0.15, 0.2) is 0 Å². The molecule has 6 heteroatoms. The minimum atomic E-state index is -0.624. The number of morpholine rings is 1. The molecule has 31 heavy (non-hydrogen) atoms. The molecule has 1 saturated heterocycles. The SMILES string of the molecule is CC(C)(C)c1ccc(OC[C@@H](O)CNC[C@H](c2ccc(F)cc2)N2CCOCC2)cc1. The van der Waals surface area contributed by atoms with Crippen molar-refractivity contribution in [1.29, 1.82) is 0 Å². The number of halogens is 1. The highest BCUT2D eigenvalue weighted by Gasteiger charge is 2.23. The summed E-state index contributed by atoms with van der Waals surface area (Å²) < 4.78 is 24.6. The van der Waals surface area contributed by atoms with Crippen LogP contribution >= 0.6 is 0 Å². The zero-order valence-electron chi connectivity index (χ0n) is 18.8. The summed E-state index contributed by atoms with van der Waals surface area (Å²) in [7, 11) is 0. The molecule has 0 radical (unpaired) electrons. The Morgan fingerprint density at radius 3 is 2.29 bits per heavy atom. The van der Waals surface area contributed by atoms with Gasteiger partial charge in [0.2, 0.25) is 0 Å². The molecule has 2 N–H and O–H groups in total. The number of aliphatic hydroxyl groups excluding tert-OH is 1. The first-order valence-electron chi connectivity index (χ1n) is 11.0. The van der Waals surface area contributed by atoms with E-state index in [1.54, 1.807) is 0 Å². The molecule has 2 aromatic carbocycles. The van der Waals surface area contributed by atoms with Crippen molar-refractivity contribution in [2.75, 3.05) is 46.0 Å². The molecular formula is C25H35FN2O3. The molecule has 0 bridgehead atoms. The Labute approximate surface area is 185 Å². The second-order valence-corrected chi connectivity index (χ2v) is 9.11. The van der Waals surface area contributed by atoms with Crippen LogP contribution in [0.5, 0.6) is 5.75 Å². The van der Waals surface area contributed by atoms with E-state index in [1.165, 1.54) is 17.7 Å². The average molecular weight is 431 g/mol. The normalized spacial score (nSPS) is 17.3. The second-order valence-electron chi connectivity index (χ2n) is 9.11. The number of rotatable bonds is 9. The van der Waals surface area contributed by atoms with Gasteiger partial charge >= 0.3 is 0 Å². The fraction of sp³-hybridized carbons (Fsp3) is 0.520. The van der Waals surface area contributed by atoms with E-state index in [4.69, 9.17) is 9.47 Å². The molecule has 3 rings (SSSR count). The lowest BCUT2D eigenvalue weighted by molar-refractivity contribution is 0.0151. The van der Waals surface area contributed by atoms with Gasteiger partial charge in [-0.2, -0.15) is 0 Å². The number of hydrogen-bond donors (Lipinski definition) is 2. The molecule has 0 saturated carbocycles. The highest BCUT2D eigenvalue weighted by Crippen LogP contribution is 2.24. The van der Waals surface area contributed by atoms with Crippen LogP contribution in [0, 0.1) is 5.82 Å². The number of aliphatic hydroxyl groups is 1. The van der Waals surface area contributed by atoms with Gasteiger partial charge in [0.25, 0.3) is 0 Å². The zero-order valence-corrected chi connectivity index (χ0v) is 18.8. The quantitative estimate of drug-likeness (QED) is 0.638. The summed E-state index contributed by atoms with van der Waals surface area (Å²) in [4.78, 5) is 2.34. The van der Waals surface area contributed by atoms with Crippen LogP contribution in [-0.2, 0) is 10.2 Å². The summed E-state index contributed by atoms with van der Waals surface area (Å²) in [6.07, 6.45) is -0.624. The zero-order chi connectivity index (χ0) is 22.3.